The molecule has 1 aliphatic heterocycles. The van der Waals surface area contributed by atoms with E-state index in [1.807, 2.05) is 0 Å². The normalized spacial score (nSPS) is 14.9. The number of carbonyl (C=O) groups is 1. The van der Waals surface area contributed by atoms with Gasteiger partial charge in [-0.1, -0.05) is 12.1 Å². The van der Waals surface area contributed by atoms with E-state index in [9.17, 15) is 18.3 Å². The van der Waals surface area contributed by atoms with Crippen LogP contribution in [0.4, 0.5) is 0 Å². The van der Waals surface area contributed by atoms with Gasteiger partial charge in [-0.3, -0.25) is 0 Å². The monoisotopic (exact) mass is 348 g/mol. The van der Waals surface area contributed by atoms with Crippen LogP contribution >= 0.6 is 0 Å². The van der Waals surface area contributed by atoms with Crippen LogP contribution in [0.2, 0.25) is 0 Å². The summed E-state index contributed by atoms with van der Waals surface area (Å²) in [6.45, 7) is 0.252. The Morgan fingerprint density at radius 3 is 2.75 bits per heavy atom. The molecule has 0 spiro atoms. The first-order valence-corrected chi connectivity index (χ1v) is 8.72. The standard InChI is InChI=1S/C16H16N2O5S/c1-23-13-4-2-3-5-14(13)24(21,22)18-9-7-11-6-8-17-15(16(19)20)12(11)10-18/h2-6,8H,7,9-10H2,1H3,(H,19,20). The molecule has 1 aromatic carbocycles. The zero-order valence-electron chi connectivity index (χ0n) is 13.0. The Balaban J connectivity index is 2.02. The summed E-state index contributed by atoms with van der Waals surface area (Å²) in [7, 11) is -2.39. The molecule has 0 radical (unpaired) electrons. The van der Waals surface area contributed by atoms with Crippen LogP contribution in [0.5, 0.6) is 5.75 Å². The number of aromatic carboxylic acids is 1. The van der Waals surface area contributed by atoms with Crippen molar-refractivity contribution < 1.29 is 23.1 Å². The zero-order valence-corrected chi connectivity index (χ0v) is 13.8. The first kappa shape index (κ1) is 16.4. The molecular formula is C16H16N2O5S. The van der Waals surface area contributed by atoms with Crippen LogP contribution in [-0.4, -0.2) is 42.4 Å². The van der Waals surface area contributed by atoms with Gasteiger partial charge in [-0.05, 0) is 30.2 Å². The number of hydrogen-bond donors (Lipinski definition) is 1. The Bertz CT molecular complexity index is 895. The molecule has 0 unspecified atom stereocenters. The lowest BCUT2D eigenvalue weighted by Gasteiger charge is -2.29. The molecule has 2 heterocycles. The van der Waals surface area contributed by atoms with E-state index in [1.54, 1.807) is 24.3 Å². The molecule has 0 saturated heterocycles. The topological polar surface area (TPSA) is 96.8 Å². The summed E-state index contributed by atoms with van der Waals surface area (Å²) in [5, 5.41) is 9.28. The van der Waals surface area contributed by atoms with Crippen molar-refractivity contribution in [3.8, 4) is 5.75 Å². The molecule has 0 saturated carbocycles. The summed E-state index contributed by atoms with van der Waals surface area (Å²) in [6.07, 6.45) is 1.87. The van der Waals surface area contributed by atoms with Crippen molar-refractivity contribution >= 4 is 16.0 Å². The van der Waals surface area contributed by atoms with Gasteiger partial charge < -0.3 is 9.84 Å². The Labute approximate surface area is 139 Å². The zero-order chi connectivity index (χ0) is 17.3. The van der Waals surface area contributed by atoms with Crippen LogP contribution in [0, 0.1) is 0 Å². The molecule has 1 aromatic heterocycles. The number of fused-ring (bicyclic) bond motifs is 1. The molecule has 0 amide bonds. The highest BCUT2D eigenvalue weighted by Crippen LogP contribution is 2.30. The number of benzene rings is 1. The third-order valence-corrected chi connectivity index (χ3v) is 5.89. The summed E-state index contributed by atoms with van der Waals surface area (Å²) in [6, 6.07) is 8.10. The van der Waals surface area contributed by atoms with Gasteiger partial charge in [0.25, 0.3) is 0 Å². The number of hydrogen-bond acceptors (Lipinski definition) is 5. The van der Waals surface area contributed by atoms with Gasteiger partial charge in [-0.25, -0.2) is 18.2 Å². The molecule has 126 valence electrons. The highest BCUT2D eigenvalue weighted by molar-refractivity contribution is 7.89. The van der Waals surface area contributed by atoms with E-state index >= 15 is 0 Å². The number of rotatable bonds is 4. The highest BCUT2D eigenvalue weighted by Gasteiger charge is 2.32. The molecule has 8 heteroatoms. The van der Waals surface area contributed by atoms with E-state index in [1.165, 1.54) is 23.7 Å². The number of methoxy groups -OCH3 is 1. The van der Waals surface area contributed by atoms with E-state index in [0.717, 1.165) is 5.56 Å². The SMILES string of the molecule is COc1ccccc1S(=O)(=O)N1CCc2ccnc(C(=O)O)c2C1. The number of nitrogens with zero attached hydrogens (tertiary/aromatic N) is 2. The summed E-state index contributed by atoms with van der Waals surface area (Å²) in [5.74, 6) is -0.906. The van der Waals surface area contributed by atoms with Crippen LogP contribution < -0.4 is 4.74 Å². The lowest BCUT2D eigenvalue weighted by molar-refractivity contribution is 0.0687. The van der Waals surface area contributed by atoms with Crippen molar-refractivity contribution in [2.45, 2.75) is 17.9 Å². The molecule has 0 atom stereocenters. The smallest absolute Gasteiger partial charge is 0.354 e. The van der Waals surface area contributed by atoms with Crippen molar-refractivity contribution in [1.82, 2.24) is 9.29 Å². The first-order valence-electron chi connectivity index (χ1n) is 7.28. The van der Waals surface area contributed by atoms with Gasteiger partial charge in [0.15, 0.2) is 5.69 Å². The van der Waals surface area contributed by atoms with Crippen molar-refractivity contribution in [1.29, 1.82) is 0 Å². The lowest BCUT2D eigenvalue weighted by atomic mass is 10.0. The minimum atomic E-state index is -3.80. The second-order valence-corrected chi connectivity index (χ2v) is 7.25. The average Bonchev–Trinajstić information content (AvgIpc) is 2.60. The number of carboxylic acids is 1. The van der Waals surface area contributed by atoms with Gasteiger partial charge in [0.1, 0.15) is 10.6 Å². The average molecular weight is 348 g/mol. The fourth-order valence-electron chi connectivity index (χ4n) is 2.80. The molecule has 1 aliphatic rings. The maximum atomic E-state index is 12.9. The predicted octanol–water partition coefficient (Wildman–Crippen LogP) is 1.54. The van der Waals surface area contributed by atoms with E-state index < -0.39 is 16.0 Å². The van der Waals surface area contributed by atoms with E-state index in [-0.39, 0.29) is 29.4 Å². The van der Waals surface area contributed by atoms with E-state index in [0.29, 0.717) is 12.0 Å². The molecular weight excluding hydrogens is 332 g/mol. The fraction of sp³-hybridized carbons (Fsp3) is 0.250. The number of carboxylic acid groups (broad SMARTS) is 1. The van der Waals surface area contributed by atoms with Gasteiger partial charge in [0.05, 0.1) is 7.11 Å². The number of pyridine rings is 1. The maximum Gasteiger partial charge on any atom is 0.354 e. The van der Waals surface area contributed by atoms with Crippen LogP contribution in [-0.2, 0) is 23.0 Å². The Morgan fingerprint density at radius 2 is 2.04 bits per heavy atom. The van der Waals surface area contributed by atoms with Gasteiger partial charge in [-0.2, -0.15) is 4.31 Å². The highest BCUT2D eigenvalue weighted by atomic mass is 32.2. The van der Waals surface area contributed by atoms with E-state index in [4.69, 9.17) is 4.74 Å². The molecule has 24 heavy (non-hydrogen) atoms. The summed E-state index contributed by atoms with van der Waals surface area (Å²) >= 11 is 0. The van der Waals surface area contributed by atoms with Gasteiger partial charge >= 0.3 is 5.97 Å². The third kappa shape index (κ3) is 2.74. The molecule has 2 aromatic rings. The van der Waals surface area contributed by atoms with Gasteiger partial charge in [-0.15, -0.1) is 0 Å². The molecule has 1 N–H and O–H groups in total. The number of ether oxygens (including phenoxy) is 1. The minimum absolute atomic E-state index is 0.0226. The van der Waals surface area contributed by atoms with Crippen molar-refractivity contribution in [3.63, 3.8) is 0 Å². The first-order chi connectivity index (χ1) is 11.4. The quantitative estimate of drug-likeness (QED) is 0.900. The predicted molar refractivity (Wildman–Crippen MR) is 85.5 cm³/mol. The van der Waals surface area contributed by atoms with Crippen LogP contribution in [0.3, 0.4) is 0 Å². The van der Waals surface area contributed by atoms with Gasteiger partial charge in [0.2, 0.25) is 10.0 Å². The molecule has 3 rings (SSSR count). The lowest BCUT2D eigenvalue weighted by Crippen LogP contribution is -2.37. The minimum Gasteiger partial charge on any atom is -0.495 e. The van der Waals surface area contributed by atoms with Gasteiger partial charge in [0, 0.05) is 24.8 Å². The third-order valence-electron chi connectivity index (χ3n) is 4.01. The Hall–Kier alpha value is -2.45. The van der Waals surface area contributed by atoms with Crippen molar-refractivity contribution in [2.75, 3.05) is 13.7 Å². The van der Waals surface area contributed by atoms with E-state index in [2.05, 4.69) is 4.98 Å². The Kier molecular flexibility index (Phi) is 4.25. The van der Waals surface area contributed by atoms with Crippen LogP contribution in [0.1, 0.15) is 21.6 Å². The largest absolute Gasteiger partial charge is 0.495 e. The van der Waals surface area contributed by atoms with Crippen molar-refractivity contribution in [2.24, 2.45) is 0 Å². The molecule has 0 bridgehead atoms. The summed E-state index contributed by atoms with van der Waals surface area (Å²) in [5.41, 5.74) is 1.15. The van der Waals surface area contributed by atoms with Crippen LogP contribution in [0.25, 0.3) is 0 Å². The van der Waals surface area contributed by atoms with Crippen LogP contribution in [0.15, 0.2) is 41.4 Å². The Morgan fingerprint density at radius 1 is 1.29 bits per heavy atom. The molecule has 7 nitrogen and oxygen atoms in total. The number of aromatic nitrogens is 1. The second-order valence-electron chi connectivity index (χ2n) is 5.34. The second kappa shape index (κ2) is 6.21. The fourth-order valence-corrected chi connectivity index (χ4v) is 4.37. The van der Waals surface area contributed by atoms with Crippen molar-refractivity contribution in [3.05, 3.63) is 53.3 Å². The number of para-hydroxylation sites is 1. The molecule has 0 fully saturated rings. The summed E-state index contributed by atoms with van der Waals surface area (Å²) < 4.78 is 32.3. The molecule has 0 aliphatic carbocycles. The maximum absolute atomic E-state index is 12.9. The summed E-state index contributed by atoms with van der Waals surface area (Å²) in [4.78, 5) is 15.3. The number of sulfonamides is 1.